The van der Waals surface area contributed by atoms with Crippen LogP contribution in [0.3, 0.4) is 0 Å². The summed E-state index contributed by atoms with van der Waals surface area (Å²) in [5.41, 5.74) is 5.08. The standard InChI is InChI=1S/C25H32O5/c1-28-10-11-29-22-7-2-17(3-8-22)12-20-13-19(6-9-24(20)18-4-5-18)25-15-21(27)14-23(16-26)30-25/h2-3,6-9,13,18,21,23,25-27H,4-5,10-12,14-16H2,1H3/t21-,23-,25+/m0/s1. The van der Waals surface area contributed by atoms with E-state index in [9.17, 15) is 10.2 Å². The Hall–Kier alpha value is -1.92. The highest BCUT2D eigenvalue weighted by Crippen LogP contribution is 2.43. The van der Waals surface area contributed by atoms with E-state index in [2.05, 4.69) is 30.3 Å². The monoisotopic (exact) mass is 412 g/mol. The maximum atomic E-state index is 10.2. The highest BCUT2D eigenvalue weighted by molar-refractivity contribution is 5.41. The SMILES string of the molecule is COCCOc1ccc(Cc2cc([C@H]3C[C@@H](O)C[C@@H](CO)O3)ccc2C2CC2)cc1. The Kier molecular flexibility index (Phi) is 7.05. The van der Waals surface area contributed by atoms with E-state index < -0.39 is 6.10 Å². The molecule has 0 aromatic heterocycles. The van der Waals surface area contributed by atoms with Gasteiger partial charge in [-0.25, -0.2) is 0 Å². The van der Waals surface area contributed by atoms with E-state index in [1.54, 1.807) is 7.11 Å². The van der Waals surface area contributed by atoms with Crippen molar-refractivity contribution in [2.45, 2.75) is 56.3 Å². The molecule has 4 rings (SSSR count). The fourth-order valence-electron chi connectivity index (χ4n) is 4.26. The van der Waals surface area contributed by atoms with Gasteiger partial charge in [-0.05, 0) is 59.6 Å². The van der Waals surface area contributed by atoms with Crippen LogP contribution in [0.1, 0.15) is 60.0 Å². The number of hydrogen-bond acceptors (Lipinski definition) is 5. The van der Waals surface area contributed by atoms with Crippen LogP contribution in [-0.4, -0.2) is 49.4 Å². The van der Waals surface area contributed by atoms with E-state index in [4.69, 9.17) is 14.2 Å². The van der Waals surface area contributed by atoms with Crippen LogP contribution in [0.5, 0.6) is 5.75 Å². The Morgan fingerprint density at radius 3 is 2.53 bits per heavy atom. The zero-order valence-electron chi connectivity index (χ0n) is 17.6. The second kappa shape index (κ2) is 9.92. The Balaban J connectivity index is 1.51. The molecule has 5 heteroatoms. The third-order valence-corrected chi connectivity index (χ3v) is 6.01. The first-order valence-corrected chi connectivity index (χ1v) is 10.9. The number of aliphatic hydroxyl groups is 2. The first kappa shape index (κ1) is 21.3. The first-order chi connectivity index (χ1) is 14.7. The van der Waals surface area contributed by atoms with Crippen LogP contribution in [0.25, 0.3) is 0 Å². The van der Waals surface area contributed by atoms with Crippen LogP contribution in [-0.2, 0) is 15.9 Å². The van der Waals surface area contributed by atoms with Gasteiger partial charge in [-0.15, -0.1) is 0 Å². The molecule has 3 atom stereocenters. The van der Waals surface area contributed by atoms with Crippen LogP contribution in [0.4, 0.5) is 0 Å². The largest absolute Gasteiger partial charge is 0.491 e. The third-order valence-electron chi connectivity index (χ3n) is 6.01. The maximum Gasteiger partial charge on any atom is 0.119 e. The lowest BCUT2D eigenvalue weighted by Gasteiger charge is -2.33. The van der Waals surface area contributed by atoms with Gasteiger partial charge in [0.25, 0.3) is 0 Å². The third kappa shape index (κ3) is 5.41. The zero-order chi connectivity index (χ0) is 20.9. The highest BCUT2D eigenvalue weighted by atomic mass is 16.5. The molecule has 162 valence electrons. The van der Waals surface area contributed by atoms with Crippen molar-refractivity contribution in [2.75, 3.05) is 26.9 Å². The predicted molar refractivity (Wildman–Crippen MR) is 115 cm³/mol. The number of ether oxygens (including phenoxy) is 3. The lowest BCUT2D eigenvalue weighted by atomic mass is 9.90. The first-order valence-electron chi connectivity index (χ1n) is 10.9. The molecule has 2 N–H and O–H groups in total. The van der Waals surface area contributed by atoms with Gasteiger partial charge in [0.05, 0.1) is 31.5 Å². The molecule has 1 saturated heterocycles. The lowest BCUT2D eigenvalue weighted by Crippen LogP contribution is -2.33. The Morgan fingerprint density at radius 1 is 1.03 bits per heavy atom. The molecule has 0 spiro atoms. The molecule has 0 unspecified atom stereocenters. The Bertz CT molecular complexity index is 815. The van der Waals surface area contributed by atoms with Gasteiger partial charge in [0.1, 0.15) is 12.4 Å². The summed E-state index contributed by atoms with van der Waals surface area (Å²) >= 11 is 0. The van der Waals surface area contributed by atoms with E-state index in [1.807, 2.05) is 12.1 Å². The summed E-state index contributed by atoms with van der Waals surface area (Å²) in [7, 11) is 1.67. The molecule has 0 bridgehead atoms. The van der Waals surface area contributed by atoms with Gasteiger partial charge in [-0.1, -0.05) is 30.3 Å². The van der Waals surface area contributed by atoms with Gasteiger partial charge in [0, 0.05) is 20.0 Å². The molecule has 1 heterocycles. The summed E-state index contributed by atoms with van der Waals surface area (Å²) in [6.45, 7) is 1.07. The van der Waals surface area contributed by atoms with Gasteiger partial charge in [-0.3, -0.25) is 0 Å². The van der Waals surface area contributed by atoms with Crippen LogP contribution < -0.4 is 4.74 Å². The molecule has 2 fully saturated rings. The lowest BCUT2D eigenvalue weighted by molar-refractivity contribution is -0.113. The minimum absolute atomic E-state index is 0.0562. The second-order valence-corrected chi connectivity index (χ2v) is 8.45. The Labute approximate surface area is 178 Å². The van der Waals surface area contributed by atoms with E-state index >= 15 is 0 Å². The van der Waals surface area contributed by atoms with Crippen molar-refractivity contribution in [1.29, 1.82) is 0 Å². The molecule has 5 nitrogen and oxygen atoms in total. The van der Waals surface area contributed by atoms with Crippen LogP contribution in [0.2, 0.25) is 0 Å². The number of hydrogen-bond donors (Lipinski definition) is 2. The number of aliphatic hydroxyl groups excluding tert-OH is 2. The fraction of sp³-hybridized carbons (Fsp3) is 0.520. The summed E-state index contributed by atoms with van der Waals surface area (Å²) < 4.78 is 16.7. The maximum absolute atomic E-state index is 10.2. The average molecular weight is 413 g/mol. The molecule has 1 aliphatic carbocycles. The second-order valence-electron chi connectivity index (χ2n) is 8.45. The van der Waals surface area contributed by atoms with Crippen LogP contribution in [0.15, 0.2) is 42.5 Å². The minimum atomic E-state index is -0.432. The molecular weight excluding hydrogens is 380 g/mol. The van der Waals surface area contributed by atoms with E-state index in [0.29, 0.717) is 32.0 Å². The average Bonchev–Trinajstić information content (AvgIpc) is 3.60. The predicted octanol–water partition coefficient (Wildman–Crippen LogP) is 3.75. The molecule has 2 aromatic rings. The smallest absolute Gasteiger partial charge is 0.119 e. The van der Waals surface area contributed by atoms with Crippen LogP contribution >= 0.6 is 0 Å². The topological polar surface area (TPSA) is 68.2 Å². The van der Waals surface area contributed by atoms with Gasteiger partial charge >= 0.3 is 0 Å². The molecule has 30 heavy (non-hydrogen) atoms. The van der Waals surface area contributed by atoms with Gasteiger partial charge < -0.3 is 24.4 Å². The minimum Gasteiger partial charge on any atom is -0.491 e. The molecule has 2 aromatic carbocycles. The van der Waals surface area contributed by atoms with Crippen molar-refractivity contribution in [2.24, 2.45) is 0 Å². The summed E-state index contributed by atoms with van der Waals surface area (Å²) in [4.78, 5) is 0. The van der Waals surface area contributed by atoms with E-state index in [-0.39, 0.29) is 18.8 Å². The molecule has 1 saturated carbocycles. The quantitative estimate of drug-likeness (QED) is 0.614. The van der Waals surface area contributed by atoms with Gasteiger partial charge in [-0.2, -0.15) is 0 Å². The van der Waals surface area contributed by atoms with Gasteiger partial charge in [0.2, 0.25) is 0 Å². The summed E-state index contributed by atoms with van der Waals surface area (Å²) in [6.07, 6.45) is 3.54. The van der Waals surface area contributed by atoms with Crippen LogP contribution in [0, 0.1) is 0 Å². The van der Waals surface area contributed by atoms with Crippen molar-refractivity contribution >= 4 is 0 Å². The fourth-order valence-corrected chi connectivity index (χ4v) is 4.26. The van der Waals surface area contributed by atoms with E-state index in [1.165, 1.54) is 29.5 Å². The highest BCUT2D eigenvalue weighted by Gasteiger charge is 2.31. The molecule has 0 radical (unpaired) electrons. The van der Waals surface area contributed by atoms with Gasteiger partial charge in [0.15, 0.2) is 0 Å². The molecule has 0 amide bonds. The van der Waals surface area contributed by atoms with Crippen molar-refractivity contribution in [3.63, 3.8) is 0 Å². The van der Waals surface area contributed by atoms with E-state index in [0.717, 1.165) is 17.7 Å². The number of benzene rings is 2. The van der Waals surface area contributed by atoms with Crippen molar-refractivity contribution < 1.29 is 24.4 Å². The Morgan fingerprint density at radius 2 is 1.83 bits per heavy atom. The van der Waals surface area contributed by atoms with Crippen molar-refractivity contribution in [3.05, 3.63) is 64.7 Å². The zero-order valence-corrected chi connectivity index (χ0v) is 17.6. The number of rotatable bonds is 9. The molecular formula is C25H32O5. The van der Waals surface area contributed by atoms with Crippen molar-refractivity contribution in [1.82, 2.24) is 0 Å². The summed E-state index contributed by atoms with van der Waals surface area (Å²) in [5.74, 6) is 1.51. The molecule has 2 aliphatic rings. The molecule has 1 aliphatic heterocycles. The number of methoxy groups -OCH3 is 1. The van der Waals surface area contributed by atoms with Crippen molar-refractivity contribution in [3.8, 4) is 5.75 Å². The summed E-state index contributed by atoms with van der Waals surface area (Å²) in [6, 6.07) is 14.9. The summed E-state index contributed by atoms with van der Waals surface area (Å²) in [5, 5.41) is 19.7. The normalized spacial score (nSPS) is 24.0.